The average Bonchev–Trinajstić information content (AvgIpc) is 2.35. The van der Waals surface area contributed by atoms with Crippen molar-refractivity contribution in [3.8, 4) is 0 Å². The average molecular weight is 327 g/mol. The first kappa shape index (κ1) is 27.8. The number of ether oxygens (including phenoxy) is 2. The SMILES string of the molecule is C.C.CCOC(=O)CCC(=O)Cl.CCOC(=O)CCC=O. The van der Waals surface area contributed by atoms with Crippen LogP contribution in [-0.4, -0.2) is 36.7 Å². The molecule has 6 nitrogen and oxygen atoms in total. The van der Waals surface area contributed by atoms with Crippen molar-refractivity contribution in [1.82, 2.24) is 0 Å². The highest BCUT2D eigenvalue weighted by molar-refractivity contribution is 6.63. The molecule has 0 rings (SSSR count). The predicted molar refractivity (Wildman–Crippen MR) is 82.1 cm³/mol. The fourth-order valence-corrected chi connectivity index (χ4v) is 0.938. The van der Waals surface area contributed by atoms with Crippen molar-refractivity contribution in [2.24, 2.45) is 0 Å². The summed E-state index contributed by atoms with van der Waals surface area (Å²) in [7, 11) is 0. The summed E-state index contributed by atoms with van der Waals surface area (Å²) in [5.41, 5.74) is 0. The second kappa shape index (κ2) is 20.9. The third kappa shape index (κ3) is 27.7. The van der Waals surface area contributed by atoms with Crippen LogP contribution < -0.4 is 0 Å². The van der Waals surface area contributed by atoms with Crippen molar-refractivity contribution in [2.45, 2.75) is 54.4 Å². The van der Waals surface area contributed by atoms with Gasteiger partial charge >= 0.3 is 11.9 Å². The fraction of sp³-hybridized carbons (Fsp3) is 0.714. The van der Waals surface area contributed by atoms with E-state index >= 15 is 0 Å². The second-order valence-corrected chi connectivity index (χ2v) is 3.59. The van der Waals surface area contributed by atoms with Gasteiger partial charge in [0.05, 0.1) is 26.1 Å². The topological polar surface area (TPSA) is 86.7 Å². The zero-order valence-electron chi connectivity index (χ0n) is 11.1. The van der Waals surface area contributed by atoms with Gasteiger partial charge in [-0.25, -0.2) is 0 Å². The van der Waals surface area contributed by atoms with E-state index in [2.05, 4.69) is 9.47 Å². The minimum atomic E-state index is -0.506. The largest absolute Gasteiger partial charge is 0.466 e. The van der Waals surface area contributed by atoms with Crippen LogP contribution in [0.1, 0.15) is 54.4 Å². The number of halogens is 1. The van der Waals surface area contributed by atoms with Crippen LogP contribution in [0, 0.1) is 0 Å². The number of hydrogen-bond acceptors (Lipinski definition) is 6. The number of esters is 2. The summed E-state index contributed by atoms with van der Waals surface area (Å²) >= 11 is 4.98. The molecule has 0 aromatic heterocycles. The molecule has 0 fully saturated rings. The minimum absolute atomic E-state index is 0. The normalized spacial score (nSPS) is 7.95. The third-order valence-corrected chi connectivity index (χ3v) is 1.79. The van der Waals surface area contributed by atoms with Gasteiger partial charge in [-0.3, -0.25) is 14.4 Å². The van der Waals surface area contributed by atoms with Gasteiger partial charge in [0.15, 0.2) is 0 Å². The van der Waals surface area contributed by atoms with E-state index in [0.29, 0.717) is 19.5 Å². The standard InChI is InChI=1S/C6H9ClO3.C6H10O3.2CH4/c1-2-10-6(9)4-3-5(7)8;1-2-9-6(8)4-3-5-7;;/h2-4H2,1H3;5H,2-4H2,1H3;2*1H4. The molecule has 0 aliphatic rings. The van der Waals surface area contributed by atoms with E-state index in [9.17, 15) is 19.2 Å². The van der Waals surface area contributed by atoms with Gasteiger partial charge in [0.2, 0.25) is 5.24 Å². The molecular weight excluding hydrogens is 300 g/mol. The van der Waals surface area contributed by atoms with Crippen molar-refractivity contribution in [2.75, 3.05) is 13.2 Å². The highest BCUT2D eigenvalue weighted by Crippen LogP contribution is 1.96. The number of carbonyl (C=O) groups excluding carboxylic acids is 4. The first-order chi connectivity index (χ1) is 8.97. The molecule has 0 bridgehead atoms. The smallest absolute Gasteiger partial charge is 0.306 e. The van der Waals surface area contributed by atoms with Gasteiger partial charge < -0.3 is 14.3 Å². The summed E-state index contributed by atoms with van der Waals surface area (Å²) in [5, 5.41) is -0.506. The first-order valence-electron chi connectivity index (χ1n) is 5.91. The monoisotopic (exact) mass is 326 g/mol. The quantitative estimate of drug-likeness (QED) is 0.387. The lowest BCUT2D eigenvalue weighted by Gasteiger charge is -1.97. The summed E-state index contributed by atoms with van der Waals surface area (Å²) in [6.07, 6.45) is 1.31. The number of rotatable bonds is 8. The second-order valence-electron chi connectivity index (χ2n) is 3.17. The Kier molecular flexibility index (Phi) is 27.7. The van der Waals surface area contributed by atoms with Gasteiger partial charge in [-0.15, -0.1) is 0 Å². The van der Waals surface area contributed by atoms with E-state index < -0.39 is 5.24 Å². The lowest BCUT2D eigenvalue weighted by Crippen LogP contribution is -2.04. The minimum Gasteiger partial charge on any atom is -0.466 e. The molecule has 0 radical (unpaired) electrons. The summed E-state index contributed by atoms with van der Waals surface area (Å²) in [4.78, 5) is 40.8. The van der Waals surface area contributed by atoms with Crippen LogP contribution in [0.5, 0.6) is 0 Å². The molecule has 0 aliphatic carbocycles. The van der Waals surface area contributed by atoms with Gasteiger partial charge in [0, 0.05) is 12.8 Å². The zero-order chi connectivity index (χ0) is 15.1. The van der Waals surface area contributed by atoms with Crippen LogP contribution in [-0.2, 0) is 28.7 Å². The van der Waals surface area contributed by atoms with Gasteiger partial charge in [-0.2, -0.15) is 0 Å². The Bertz CT molecular complexity index is 291. The van der Waals surface area contributed by atoms with E-state index in [1.807, 2.05) is 0 Å². The molecule has 0 amide bonds. The van der Waals surface area contributed by atoms with Crippen molar-refractivity contribution in [3.05, 3.63) is 0 Å². The van der Waals surface area contributed by atoms with Gasteiger partial charge in [0.1, 0.15) is 6.29 Å². The molecule has 7 heteroatoms. The van der Waals surface area contributed by atoms with E-state index in [1.54, 1.807) is 13.8 Å². The molecule has 0 aromatic rings. The van der Waals surface area contributed by atoms with E-state index in [-0.39, 0.29) is 52.5 Å². The van der Waals surface area contributed by atoms with Crippen LogP contribution >= 0.6 is 11.6 Å². The molecule has 0 unspecified atom stereocenters. The van der Waals surface area contributed by atoms with Gasteiger partial charge in [-0.05, 0) is 25.4 Å². The summed E-state index contributed by atoms with van der Waals surface area (Å²) in [6, 6.07) is 0. The number of hydrogen-bond donors (Lipinski definition) is 0. The Morgan fingerprint density at radius 3 is 1.67 bits per heavy atom. The number of aldehydes is 1. The van der Waals surface area contributed by atoms with E-state index in [0.717, 1.165) is 0 Å². The number of carbonyl (C=O) groups is 4. The summed E-state index contributed by atoms with van der Waals surface area (Å²) in [5.74, 6) is -0.680. The summed E-state index contributed by atoms with van der Waals surface area (Å²) in [6.45, 7) is 4.17. The van der Waals surface area contributed by atoms with E-state index in [1.165, 1.54) is 0 Å². The maximum atomic E-state index is 10.5. The molecule has 126 valence electrons. The van der Waals surface area contributed by atoms with Crippen LogP contribution in [0.4, 0.5) is 0 Å². The van der Waals surface area contributed by atoms with Crippen molar-refractivity contribution >= 4 is 35.1 Å². The Morgan fingerprint density at radius 2 is 1.33 bits per heavy atom. The maximum Gasteiger partial charge on any atom is 0.306 e. The molecule has 0 N–H and O–H groups in total. The van der Waals surface area contributed by atoms with Crippen LogP contribution in [0.25, 0.3) is 0 Å². The van der Waals surface area contributed by atoms with Crippen molar-refractivity contribution < 1.29 is 28.7 Å². The molecule has 0 atom stereocenters. The molecule has 0 aliphatic heterocycles. The Hall–Kier alpha value is -1.43. The Morgan fingerprint density at radius 1 is 0.905 bits per heavy atom. The molecular formula is C14H27ClO6. The van der Waals surface area contributed by atoms with Crippen molar-refractivity contribution in [1.29, 1.82) is 0 Å². The first-order valence-corrected chi connectivity index (χ1v) is 6.28. The molecule has 0 saturated heterocycles. The highest BCUT2D eigenvalue weighted by Gasteiger charge is 2.03. The molecule has 0 aromatic carbocycles. The van der Waals surface area contributed by atoms with Gasteiger partial charge in [0.25, 0.3) is 0 Å². The summed E-state index contributed by atoms with van der Waals surface area (Å²) < 4.78 is 9.09. The van der Waals surface area contributed by atoms with Gasteiger partial charge in [-0.1, -0.05) is 14.9 Å². The highest BCUT2D eigenvalue weighted by atomic mass is 35.5. The molecule has 0 heterocycles. The lowest BCUT2D eigenvalue weighted by molar-refractivity contribution is -0.144. The van der Waals surface area contributed by atoms with Crippen molar-refractivity contribution in [3.63, 3.8) is 0 Å². The molecule has 0 saturated carbocycles. The molecule has 21 heavy (non-hydrogen) atoms. The Balaban J connectivity index is -0.000000126. The van der Waals surface area contributed by atoms with Crippen LogP contribution in [0.15, 0.2) is 0 Å². The van der Waals surface area contributed by atoms with E-state index in [4.69, 9.17) is 11.6 Å². The predicted octanol–water partition coefficient (Wildman–Crippen LogP) is 2.90. The molecule has 0 spiro atoms. The third-order valence-electron chi connectivity index (χ3n) is 1.60. The van der Waals surface area contributed by atoms with Crippen LogP contribution in [0.3, 0.4) is 0 Å². The zero-order valence-corrected chi connectivity index (χ0v) is 11.9. The fourth-order valence-electron chi connectivity index (χ4n) is 0.843. The lowest BCUT2D eigenvalue weighted by atomic mass is 10.3. The maximum absolute atomic E-state index is 10.5. The Labute approximate surface area is 132 Å². The van der Waals surface area contributed by atoms with Crippen LogP contribution in [0.2, 0.25) is 0 Å².